The topological polar surface area (TPSA) is 42.0 Å². The standard InChI is InChI=1S/C21H19FN2O/c22-17-10-8-16(9-11-17)21(12-1-2-13-21)24-20(25)18-7-3-5-15-6-4-14-23-19(15)18/h3-11,14H,1-2,12-13H2,(H,24,25). The molecule has 1 saturated carbocycles. The van der Waals surface area contributed by atoms with Crippen molar-refractivity contribution in [3.8, 4) is 0 Å². The predicted molar refractivity (Wildman–Crippen MR) is 95.8 cm³/mol. The molecule has 3 nitrogen and oxygen atoms in total. The summed E-state index contributed by atoms with van der Waals surface area (Å²) in [5.41, 5.74) is 1.82. The zero-order chi connectivity index (χ0) is 17.3. The molecule has 2 aromatic carbocycles. The van der Waals surface area contributed by atoms with Crippen molar-refractivity contribution in [3.05, 3.63) is 77.7 Å². The van der Waals surface area contributed by atoms with Crippen molar-refractivity contribution in [3.63, 3.8) is 0 Å². The molecule has 25 heavy (non-hydrogen) atoms. The number of aromatic nitrogens is 1. The summed E-state index contributed by atoms with van der Waals surface area (Å²) in [5.74, 6) is -0.392. The van der Waals surface area contributed by atoms with Crippen LogP contribution in [-0.4, -0.2) is 10.9 Å². The summed E-state index contributed by atoms with van der Waals surface area (Å²) in [6, 6.07) is 15.9. The number of nitrogens with one attached hydrogen (secondary N) is 1. The molecule has 0 spiro atoms. The number of nitrogens with zero attached hydrogens (tertiary/aromatic N) is 1. The number of para-hydroxylation sites is 1. The van der Waals surface area contributed by atoms with Crippen molar-refractivity contribution in [1.29, 1.82) is 0 Å². The maximum absolute atomic E-state index is 13.3. The molecular weight excluding hydrogens is 315 g/mol. The van der Waals surface area contributed by atoms with E-state index in [1.807, 2.05) is 24.3 Å². The second-order valence-corrected chi connectivity index (χ2v) is 6.63. The van der Waals surface area contributed by atoms with Crippen molar-refractivity contribution < 1.29 is 9.18 Å². The van der Waals surface area contributed by atoms with Crippen molar-refractivity contribution in [2.75, 3.05) is 0 Å². The van der Waals surface area contributed by atoms with E-state index in [0.29, 0.717) is 11.1 Å². The molecule has 1 fully saturated rings. The van der Waals surface area contributed by atoms with Crippen LogP contribution in [0.25, 0.3) is 10.9 Å². The van der Waals surface area contributed by atoms with Gasteiger partial charge in [0.25, 0.3) is 5.91 Å². The molecular formula is C21H19FN2O. The molecule has 4 rings (SSSR count). The van der Waals surface area contributed by atoms with E-state index in [1.54, 1.807) is 24.4 Å². The summed E-state index contributed by atoms with van der Waals surface area (Å²) >= 11 is 0. The van der Waals surface area contributed by atoms with Gasteiger partial charge < -0.3 is 5.32 Å². The predicted octanol–water partition coefficient (Wildman–Crippen LogP) is 4.57. The van der Waals surface area contributed by atoms with Gasteiger partial charge in [-0.3, -0.25) is 9.78 Å². The second kappa shape index (κ2) is 6.28. The summed E-state index contributed by atoms with van der Waals surface area (Å²) in [5, 5.41) is 4.18. The van der Waals surface area contributed by atoms with Crippen LogP contribution in [0.3, 0.4) is 0 Å². The Kier molecular flexibility index (Phi) is 3.96. The first-order valence-electron chi connectivity index (χ1n) is 8.60. The van der Waals surface area contributed by atoms with Gasteiger partial charge in [0.1, 0.15) is 5.82 Å². The van der Waals surface area contributed by atoms with E-state index < -0.39 is 5.54 Å². The van der Waals surface area contributed by atoms with Crippen LogP contribution in [0, 0.1) is 5.82 Å². The molecule has 1 aliphatic carbocycles. The first-order valence-corrected chi connectivity index (χ1v) is 8.60. The number of rotatable bonds is 3. The number of hydrogen-bond donors (Lipinski definition) is 1. The Hall–Kier alpha value is -2.75. The normalized spacial score (nSPS) is 16.0. The van der Waals surface area contributed by atoms with Gasteiger partial charge >= 0.3 is 0 Å². The van der Waals surface area contributed by atoms with Crippen LogP contribution in [0.4, 0.5) is 4.39 Å². The van der Waals surface area contributed by atoms with Crippen LogP contribution in [0.15, 0.2) is 60.8 Å². The lowest BCUT2D eigenvalue weighted by molar-refractivity contribution is 0.0899. The molecule has 1 N–H and O–H groups in total. The number of carbonyl (C=O) groups excluding carboxylic acids is 1. The van der Waals surface area contributed by atoms with E-state index in [2.05, 4.69) is 10.3 Å². The molecule has 3 aromatic rings. The minimum Gasteiger partial charge on any atom is -0.342 e. The molecule has 0 atom stereocenters. The molecule has 126 valence electrons. The fraction of sp³-hybridized carbons (Fsp3) is 0.238. The smallest absolute Gasteiger partial charge is 0.254 e. The highest BCUT2D eigenvalue weighted by molar-refractivity contribution is 6.05. The van der Waals surface area contributed by atoms with Crippen LogP contribution in [-0.2, 0) is 5.54 Å². The van der Waals surface area contributed by atoms with Gasteiger partial charge in [-0.15, -0.1) is 0 Å². The maximum atomic E-state index is 13.3. The summed E-state index contributed by atoms with van der Waals surface area (Å²) in [4.78, 5) is 17.4. The highest BCUT2D eigenvalue weighted by Crippen LogP contribution is 2.39. The Morgan fingerprint density at radius 1 is 1.00 bits per heavy atom. The lowest BCUT2D eigenvalue weighted by atomic mass is 9.87. The molecule has 1 heterocycles. The van der Waals surface area contributed by atoms with Gasteiger partial charge in [0.15, 0.2) is 0 Å². The van der Waals surface area contributed by atoms with Gasteiger partial charge in [0.05, 0.1) is 16.6 Å². The van der Waals surface area contributed by atoms with Gasteiger partial charge in [-0.05, 0) is 42.7 Å². The monoisotopic (exact) mass is 334 g/mol. The Balaban J connectivity index is 1.71. The average Bonchev–Trinajstić information content (AvgIpc) is 3.11. The van der Waals surface area contributed by atoms with Crippen molar-refractivity contribution in [2.24, 2.45) is 0 Å². The van der Waals surface area contributed by atoms with E-state index in [9.17, 15) is 9.18 Å². The first-order chi connectivity index (χ1) is 12.2. The fourth-order valence-electron chi connectivity index (χ4n) is 3.81. The highest BCUT2D eigenvalue weighted by atomic mass is 19.1. The molecule has 0 saturated heterocycles. The highest BCUT2D eigenvalue weighted by Gasteiger charge is 2.37. The molecule has 1 amide bonds. The number of hydrogen-bond acceptors (Lipinski definition) is 2. The van der Waals surface area contributed by atoms with Gasteiger partial charge in [-0.1, -0.05) is 43.2 Å². The molecule has 0 unspecified atom stereocenters. The largest absolute Gasteiger partial charge is 0.342 e. The Morgan fingerprint density at radius 2 is 1.72 bits per heavy atom. The number of benzene rings is 2. The maximum Gasteiger partial charge on any atom is 0.254 e. The minimum absolute atomic E-state index is 0.129. The van der Waals surface area contributed by atoms with E-state index >= 15 is 0 Å². The second-order valence-electron chi connectivity index (χ2n) is 6.63. The van der Waals surface area contributed by atoms with E-state index in [-0.39, 0.29) is 11.7 Å². The third kappa shape index (κ3) is 2.88. The number of halogens is 1. The lowest BCUT2D eigenvalue weighted by Gasteiger charge is -2.31. The first kappa shape index (κ1) is 15.8. The Bertz CT molecular complexity index is 909. The number of pyridine rings is 1. The Morgan fingerprint density at radius 3 is 2.48 bits per heavy atom. The van der Waals surface area contributed by atoms with Gasteiger partial charge in [-0.25, -0.2) is 4.39 Å². The van der Waals surface area contributed by atoms with Crippen molar-refractivity contribution >= 4 is 16.8 Å². The molecule has 1 aliphatic rings. The van der Waals surface area contributed by atoms with E-state index in [1.165, 1.54) is 12.1 Å². The summed E-state index contributed by atoms with van der Waals surface area (Å²) in [6.45, 7) is 0. The molecule has 0 bridgehead atoms. The fourth-order valence-corrected chi connectivity index (χ4v) is 3.81. The number of amides is 1. The van der Waals surface area contributed by atoms with Gasteiger partial charge in [-0.2, -0.15) is 0 Å². The zero-order valence-electron chi connectivity index (χ0n) is 13.8. The van der Waals surface area contributed by atoms with Gasteiger partial charge in [0.2, 0.25) is 0 Å². The summed E-state index contributed by atoms with van der Waals surface area (Å²) in [6.07, 6.45) is 5.52. The van der Waals surface area contributed by atoms with Crippen LogP contribution in [0.5, 0.6) is 0 Å². The van der Waals surface area contributed by atoms with Crippen molar-refractivity contribution in [1.82, 2.24) is 10.3 Å². The molecule has 1 aromatic heterocycles. The summed E-state index contributed by atoms with van der Waals surface area (Å²) < 4.78 is 13.3. The quantitative estimate of drug-likeness (QED) is 0.762. The van der Waals surface area contributed by atoms with Crippen LogP contribution >= 0.6 is 0 Å². The van der Waals surface area contributed by atoms with E-state index in [0.717, 1.165) is 36.6 Å². The van der Waals surface area contributed by atoms with Crippen LogP contribution < -0.4 is 5.32 Å². The third-order valence-corrected chi connectivity index (χ3v) is 5.08. The lowest BCUT2D eigenvalue weighted by Crippen LogP contribution is -2.43. The third-order valence-electron chi connectivity index (χ3n) is 5.08. The van der Waals surface area contributed by atoms with Crippen molar-refractivity contribution in [2.45, 2.75) is 31.2 Å². The minimum atomic E-state index is -0.429. The van der Waals surface area contributed by atoms with E-state index in [4.69, 9.17) is 0 Å². The number of fused-ring (bicyclic) bond motifs is 1. The van der Waals surface area contributed by atoms with Crippen LogP contribution in [0.1, 0.15) is 41.6 Å². The molecule has 0 radical (unpaired) electrons. The zero-order valence-corrected chi connectivity index (χ0v) is 13.8. The Labute approximate surface area is 145 Å². The SMILES string of the molecule is O=C(NC1(c2ccc(F)cc2)CCCC1)c1cccc2cccnc12. The average molecular weight is 334 g/mol. The number of carbonyl (C=O) groups is 1. The molecule has 0 aliphatic heterocycles. The molecule has 4 heteroatoms. The summed E-state index contributed by atoms with van der Waals surface area (Å²) in [7, 11) is 0. The van der Waals surface area contributed by atoms with Crippen LogP contribution in [0.2, 0.25) is 0 Å². The van der Waals surface area contributed by atoms with Gasteiger partial charge in [0, 0.05) is 11.6 Å².